The number of nitrogens with two attached hydrogens (primary N) is 1. The van der Waals surface area contributed by atoms with Gasteiger partial charge in [-0.25, -0.2) is 0 Å². The van der Waals surface area contributed by atoms with Gasteiger partial charge in [0, 0.05) is 77.4 Å². The average molecular weight is 795 g/mol. The van der Waals surface area contributed by atoms with Crippen molar-refractivity contribution in [1.29, 1.82) is 0 Å². The lowest BCUT2D eigenvalue weighted by Gasteiger charge is -2.21. The molecule has 4 amide bonds. The molecule has 0 spiro atoms. The zero-order chi connectivity index (χ0) is 40.7. The molecule has 0 aliphatic heterocycles. The molecule has 14 nitrogen and oxygen atoms in total. The Morgan fingerprint density at radius 2 is 1.33 bits per heavy atom. The predicted molar refractivity (Wildman–Crippen MR) is 220 cm³/mol. The van der Waals surface area contributed by atoms with Crippen molar-refractivity contribution in [2.24, 2.45) is 5.73 Å². The molecule has 0 aliphatic carbocycles. The first-order valence-corrected chi connectivity index (χ1v) is 18.9. The Labute approximate surface area is 334 Å². The number of carbonyl (C=O) groups excluding carboxylic acids is 4. The van der Waals surface area contributed by atoms with Crippen LogP contribution in [0.1, 0.15) is 35.1 Å². The molecule has 0 saturated carbocycles. The highest BCUT2D eigenvalue weighted by Gasteiger charge is 2.25. The molecular formula is C42H47ClN8O6. The van der Waals surface area contributed by atoms with Gasteiger partial charge in [-0.05, 0) is 104 Å². The number of fused-ring (bicyclic) bond motifs is 2. The van der Waals surface area contributed by atoms with Crippen molar-refractivity contribution in [1.82, 2.24) is 36.2 Å². The van der Waals surface area contributed by atoms with Gasteiger partial charge in [0.05, 0.1) is 6.54 Å². The van der Waals surface area contributed by atoms with E-state index in [0.717, 1.165) is 32.6 Å². The fraction of sp³-hybridized carbons (Fsp3) is 0.262. The summed E-state index contributed by atoms with van der Waals surface area (Å²) in [7, 11) is 0. The monoisotopic (exact) mass is 794 g/mol. The molecule has 0 radical (unpaired) electrons. The molecule has 0 bridgehead atoms. The van der Waals surface area contributed by atoms with Crippen LogP contribution in [-0.2, 0) is 38.4 Å². The van der Waals surface area contributed by atoms with Crippen LogP contribution in [0, 0.1) is 6.92 Å². The fourth-order valence-corrected chi connectivity index (χ4v) is 6.27. The van der Waals surface area contributed by atoms with Gasteiger partial charge in [0.25, 0.3) is 0 Å². The number of aromatic hydroxyl groups is 2. The predicted octanol–water partition coefficient (Wildman–Crippen LogP) is 4.07. The number of hydrogen-bond donors (Lipinski definition) is 9. The number of nitrogens with zero attached hydrogens (tertiary/aromatic N) is 1. The van der Waals surface area contributed by atoms with E-state index < -0.39 is 36.3 Å². The summed E-state index contributed by atoms with van der Waals surface area (Å²) in [6, 6.07) is 19.1. The van der Waals surface area contributed by atoms with Gasteiger partial charge in [-0.1, -0.05) is 29.3 Å². The number of phenolic OH excluding ortho intramolecular Hbond substituents is 2. The highest BCUT2D eigenvalue weighted by Crippen LogP contribution is 2.25. The van der Waals surface area contributed by atoms with E-state index in [-0.39, 0.29) is 43.2 Å². The van der Waals surface area contributed by atoms with Gasteiger partial charge in [-0.15, -0.1) is 0 Å². The number of H-pyrrole nitrogens is 2. The number of amides is 4. The molecule has 2 atom stereocenters. The number of rotatable bonds is 16. The second-order valence-electron chi connectivity index (χ2n) is 13.5. The van der Waals surface area contributed by atoms with Crippen LogP contribution >= 0.6 is 11.6 Å². The number of halogens is 1. The Hall–Kier alpha value is -6.38. The third kappa shape index (κ3) is 12.6. The maximum Gasteiger partial charge on any atom is 0.243 e. The molecule has 1 unspecified atom stereocenters. The minimum Gasteiger partial charge on any atom is -0.508 e. The normalized spacial score (nSPS) is 11.9. The number of pyridine rings is 1. The van der Waals surface area contributed by atoms with Crippen molar-refractivity contribution in [3.63, 3.8) is 0 Å². The van der Waals surface area contributed by atoms with Gasteiger partial charge in [0.2, 0.25) is 23.6 Å². The number of hydrogen-bond acceptors (Lipinski definition) is 8. The maximum absolute atomic E-state index is 13.4. The van der Waals surface area contributed by atoms with Gasteiger partial charge in [-0.3, -0.25) is 24.2 Å². The van der Waals surface area contributed by atoms with Crippen LogP contribution in [0.15, 0.2) is 97.6 Å². The highest BCUT2D eigenvalue weighted by molar-refractivity contribution is 6.30. The molecule has 15 heteroatoms. The summed E-state index contributed by atoms with van der Waals surface area (Å²) in [5.41, 5.74) is 10.8. The first-order chi connectivity index (χ1) is 27.5. The van der Waals surface area contributed by atoms with E-state index in [9.17, 15) is 29.4 Å². The summed E-state index contributed by atoms with van der Waals surface area (Å²) >= 11 is 5.61. The molecule has 0 fully saturated rings. The van der Waals surface area contributed by atoms with Gasteiger partial charge in [0.1, 0.15) is 23.6 Å². The number of benzene rings is 3. The molecule has 10 N–H and O–H groups in total. The first-order valence-electron chi connectivity index (χ1n) is 18.5. The SMILES string of the molecule is Cc1ccc(Cl)cc1.NCCCC(=O)NC(Cc1c[nH]c2ccc(O)cc12)C(=O)NCC(=O)N[C@@H](Cc1ccncc1)C(=O)NCCc1c[nH]c2ccc(O)cc12. The third-order valence-electron chi connectivity index (χ3n) is 9.15. The molecule has 298 valence electrons. The van der Waals surface area contributed by atoms with Crippen molar-refractivity contribution in [2.45, 2.75) is 51.1 Å². The zero-order valence-corrected chi connectivity index (χ0v) is 32.2. The molecule has 0 saturated heterocycles. The van der Waals surface area contributed by atoms with Gasteiger partial charge in [0.15, 0.2) is 0 Å². The lowest BCUT2D eigenvalue weighted by atomic mass is 10.0. The van der Waals surface area contributed by atoms with Crippen LogP contribution in [0.4, 0.5) is 0 Å². The Bertz CT molecular complexity index is 2250. The molecule has 0 aliphatic rings. The smallest absolute Gasteiger partial charge is 0.243 e. The fourth-order valence-electron chi connectivity index (χ4n) is 6.14. The quantitative estimate of drug-likeness (QED) is 0.0692. The van der Waals surface area contributed by atoms with Crippen LogP contribution in [0.3, 0.4) is 0 Å². The lowest BCUT2D eigenvalue weighted by molar-refractivity contribution is -0.131. The summed E-state index contributed by atoms with van der Waals surface area (Å²) < 4.78 is 0. The van der Waals surface area contributed by atoms with Crippen molar-refractivity contribution in [3.05, 3.63) is 125 Å². The molecule has 57 heavy (non-hydrogen) atoms. The van der Waals surface area contributed by atoms with Crippen LogP contribution in [0.2, 0.25) is 5.02 Å². The standard InChI is InChI=1S/C35H40N8O6.C7H7Cl/c36-10-1-2-32(46)42-31(15-23-19-40-29-6-4-25(45)17-27(23)29)35(49)41-20-33(47)43-30(14-21-7-11-37-12-8-21)34(48)38-13-9-22-18-39-28-5-3-24(44)16-26(22)28;1-6-2-4-7(8)5-3-6/h3-8,11-12,16-19,30-31,39-40,44-45H,1-2,9-10,13-15,20,36H2,(H,38,48)(H,41,49)(H,42,46)(H,43,47);2-5H,1H3/t30-,31?;/m0./s1. The second kappa shape index (κ2) is 20.5. The summed E-state index contributed by atoms with van der Waals surface area (Å²) in [6.07, 6.45) is 8.04. The van der Waals surface area contributed by atoms with E-state index in [0.29, 0.717) is 30.3 Å². The second-order valence-corrected chi connectivity index (χ2v) is 14.0. The van der Waals surface area contributed by atoms with Crippen LogP contribution in [-0.4, -0.2) is 80.5 Å². The van der Waals surface area contributed by atoms with Crippen molar-refractivity contribution in [2.75, 3.05) is 19.6 Å². The number of phenols is 2. The summed E-state index contributed by atoms with van der Waals surface area (Å²) in [6.45, 7) is 2.18. The van der Waals surface area contributed by atoms with Crippen LogP contribution in [0.5, 0.6) is 11.5 Å². The number of aromatic amines is 2. The molecular weight excluding hydrogens is 748 g/mol. The minimum atomic E-state index is -1.03. The van der Waals surface area contributed by atoms with E-state index in [1.165, 1.54) is 5.56 Å². The van der Waals surface area contributed by atoms with Crippen molar-refractivity contribution in [3.8, 4) is 11.5 Å². The molecule has 6 aromatic rings. The van der Waals surface area contributed by atoms with E-state index in [1.807, 2.05) is 37.4 Å². The maximum atomic E-state index is 13.4. The Kier molecular flexibility index (Phi) is 15.0. The topological polar surface area (TPSA) is 227 Å². The molecule has 3 aromatic heterocycles. The van der Waals surface area contributed by atoms with Gasteiger partial charge < -0.3 is 47.2 Å². The van der Waals surface area contributed by atoms with E-state index >= 15 is 0 Å². The average Bonchev–Trinajstić information content (AvgIpc) is 3.80. The first kappa shape index (κ1) is 41.8. The van der Waals surface area contributed by atoms with E-state index in [2.05, 4.69) is 36.2 Å². The van der Waals surface area contributed by atoms with Crippen LogP contribution < -0.4 is 27.0 Å². The van der Waals surface area contributed by atoms with Crippen molar-refractivity contribution < 1.29 is 29.4 Å². The highest BCUT2D eigenvalue weighted by atomic mass is 35.5. The summed E-state index contributed by atoms with van der Waals surface area (Å²) in [5, 5.41) is 33.1. The summed E-state index contributed by atoms with van der Waals surface area (Å²) in [5.74, 6) is -1.77. The van der Waals surface area contributed by atoms with Gasteiger partial charge in [-0.2, -0.15) is 0 Å². The molecule has 6 rings (SSSR count). The van der Waals surface area contributed by atoms with E-state index in [4.69, 9.17) is 17.3 Å². The number of aromatic nitrogens is 3. The minimum absolute atomic E-state index is 0.0570. The Morgan fingerprint density at radius 3 is 1.96 bits per heavy atom. The van der Waals surface area contributed by atoms with Crippen molar-refractivity contribution >= 4 is 57.0 Å². The lowest BCUT2D eigenvalue weighted by Crippen LogP contribution is -2.53. The Balaban J connectivity index is 0.000000690. The van der Waals surface area contributed by atoms with Crippen LogP contribution in [0.25, 0.3) is 21.8 Å². The largest absolute Gasteiger partial charge is 0.508 e. The third-order valence-corrected chi connectivity index (χ3v) is 9.41. The molecule has 3 aromatic carbocycles. The number of aryl methyl sites for hydroxylation is 1. The number of nitrogens with one attached hydrogen (secondary N) is 6. The van der Waals surface area contributed by atoms with E-state index in [1.54, 1.807) is 67.1 Å². The van der Waals surface area contributed by atoms with Gasteiger partial charge >= 0.3 is 0 Å². The molecule has 3 heterocycles. The summed E-state index contributed by atoms with van der Waals surface area (Å²) in [4.78, 5) is 62.7. The Morgan fingerprint density at radius 1 is 0.754 bits per heavy atom. The zero-order valence-electron chi connectivity index (χ0n) is 31.5. The number of carbonyl (C=O) groups is 4.